The molecule has 1 saturated carbocycles. The molecule has 0 heterocycles. The van der Waals surface area contributed by atoms with E-state index in [1.165, 1.54) is 6.26 Å². The van der Waals surface area contributed by atoms with Crippen molar-refractivity contribution in [2.75, 3.05) is 25.2 Å². The highest BCUT2D eigenvalue weighted by molar-refractivity contribution is 7.90. The summed E-state index contributed by atoms with van der Waals surface area (Å²) in [5.41, 5.74) is -1.18. The molecule has 0 spiro atoms. The second kappa shape index (κ2) is 7.17. The normalized spacial score (nSPS) is 18.6. The van der Waals surface area contributed by atoms with E-state index in [-0.39, 0.29) is 18.9 Å². The molecule has 1 rings (SSSR count). The monoisotopic (exact) mass is 335 g/mol. The molecule has 1 unspecified atom stereocenters. The van der Waals surface area contributed by atoms with Gasteiger partial charge in [-0.15, -0.1) is 0 Å². The van der Waals surface area contributed by atoms with E-state index in [1.54, 1.807) is 20.8 Å². The number of ether oxygens (including phenoxy) is 1. The van der Waals surface area contributed by atoms with Crippen molar-refractivity contribution in [3.8, 4) is 0 Å². The molecule has 130 valence electrons. The number of alkyl carbamates (subject to hydrolysis) is 1. The lowest BCUT2D eigenvalue weighted by Crippen LogP contribution is -2.43. The number of rotatable bonds is 8. The average Bonchev–Trinajstić information content (AvgIpc) is 3.13. The fourth-order valence-electron chi connectivity index (χ4n) is 2.37. The van der Waals surface area contributed by atoms with Crippen LogP contribution in [0.15, 0.2) is 0 Å². The molecule has 1 fully saturated rings. The maximum Gasteiger partial charge on any atom is 0.407 e. The highest BCUT2D eigenvalue weighted by atomic mass is 32.2. The quantitative estimate of drug-likeness (QED) is 0.704. The van der Waals surface area contributed by atoms with Gasteiger partial charge in [0.1, 0.15) is 15.4 Å². The Morgan fingerprint density at radius 1 is 1.32 bits per heavy atom. The van der Waals surface area contributed by atoms with Crippen molar-refractivity contribution in [3.05, 3.63) is 0 Å². The number of hydrogen-bond acceptors (Lipinski definition) is 5. The fraction of sp³-hybridized carbons (Fsp3) is 0.933. The predicted octanol–water partition coefficient (Wildman–Crippen LogP) is 1.72. The molecular weight excluding hydrogens is 306 g/mol. The van der Waals surface area contributed by atoms with Crippen molar-refractivity contribution in [1.29, 1.82) is 0 Å². The van der Waals surface area contributed by atoms with Gasteiger partial charge in [-0.2, -0.15) is 0 Å². The van der Waals surface area contributed by atoms with Gasteiger partial charge in [0.25, 0.3) is 0 Å². The molecule has 0 aromatic rings. The highest BCUT2D eigenvalue weighted by Crippen LogP contribution is 2.42. The van der Waals surface area contributed by atoms with Crippen LogP contribution in [0.4, 0.5) is 4.79 Å². The summed E-state index contributed by atoms with van der Waals surface area (Å²) in [5.74, 6) is 0.531. The molecule has 0 aromatic carbocycles. The van der Waals surface area contributed by atoms with Crippen LogP contribution in [-0.2, 0) is 14.6 Å². The summed E-state index contributed by atoms with van der Waals surface area (Å²) in [4.78, 5) is 11.8. The summed E-state index contributed by atoms with van der Waals surface area (Å²) in [7, 11) is -3.11. The summed E-state index contributed by atoms with van der Waals surface area (Å²) in [6, 6.07) is 0. The predicted molar refractivity (Wildman–Crippen MR) is 85.4 cm³/mol. The molecule has 0 bridgehead atoms. The van der Waals surface area contributed by atoms with E-state index in [0.29, 0.717) is 12.3 Å². The maximum atomic E-state index is 11.8. The highest BCUT2D eigenvalue weighted by Gasteiger charge is 2.37. The number of amides is 1. The van der Waals surface area contributed by atoms with Gasteiger partial charge in [-0.25, -0.2) is 13.2 Å². The smallest absolute Gasteiger partial charge is 0.407 e. The molecular formula is C15H29NO5S. The van der Waals surface area contributed by atoms with Gasteiger partial charge in [0.2, 0.25) is 0 Å². The van der Waals surface area contributed by atoms with E-state index in [0.717, 1.165) is 19.3 Å². The van der Waals surface area contributed by atoms with Crippen molar-refractivity contribution < 1.29 is 23.1 Å². The van der Waals surface area contributed by atoms with Gasteiger partial charge in [-0.1, -0.05) is 12.8 Å². The van der Waals surface area contributed by atoms with Crippen LogP contribution in [0.5, 0.6) is 0 Å². The SMILES string of the molecule is CC(C)(C)OC(=O)NCC(CO)(CCS(C)(=O)=O)CC1CC1. The van der Waals surface area contributed by atoms with E-state index in [9.17, 15) is 18.3 Å². The van der Waals surface area contributed by atoms with Gasteiger partial charge in [-0.05, 0) is 39.5 Å². The van der Waals surface area contributed by atoms with E-state index < -0.39 is 26.9 Å². The molecule has 0 aliphatic heterocycles. The molecule has 1 atom stereocenters. The van der Waals surface area contributed by atoms with Crippen LogP contribution in [0.2, 0.25) is 0 Å². The summed E-state index contributed by atoms with van der Waals surface area (Å²) < 4.78 is 28.0. The van der Waals surface area contributed by atoms with Crippen LogP contribution in [0.25, 0.3) is 0 Å². The van der Waals surface area contributed by atoms with Crippen LogP contribution in [0.1, 0.15) is 46.5 Å². The second-order valence-electron chi connectivity index (χ2n) is 7.54. The van der Waals surface area contributed by atoms with Gasteiger partial charge < -0.3 is 15.2 Å². The molecule has 22 heavy (non-hydrogen) atoms. The Bertz CT molecular complexity index is 479. The number of carbonyl (C=O) groups is 1. The molecule has 0 radical (unpaired) electrons. The Morgan fingerprint density at radius 3 is 2.32 bits per heavy atom. The minimum Gasteiger partial charge on any atom is -0.444 e. The number of hydrogen-bond donors (Lipinski definition) is 2. The first-order valence-corrected chi connectivity index (χ1v) is 9.76. The van der Waals surface area contributed by atoms with Crippen LogP contribution >= 0.6 is 0 Å². The first kappa shape index (κ1) is 19.2. The van der Waals surface area contributed by atoms with Gasteiger partial charge >= 0.3 is 6.09 Å². The number of carbonyl (C=O) groups excluding carboxylic acids is 1. The topological polar surface area (TPSA) is 92.7 Å². The minimum atomic E-state index is -3.11. The van der Waals surface area contributed by atoms with E-state index >= 15 is 0 Å². The molecule has 1 aliphatic rings. The van der Waals surface area contributed by atoms with Gasteiger partial charge in [0.05, 0.1) is 12.4 Å². The molecule has 1 aliphatic carbocycles. The lowest BCUT2D eigenvalue weighted by Gasteiger charge is -2.32. The zero-order chi connectivity index (χ0) is 17.0. The fourth-order valence-corrected chi connectivity index (χ4v) is 3.18. The lowest BCUT2D eigenvalue weighted by atomic mass is 9.80. The number of nitrogens with one attached hydrogen (secondary N) is 1. The van der Waals surface area contributed by atoms with Crippen molar-refractivity contribution in [2.45, 2.75) is 52.1 Å². The Hall–Kier alpha value is -0.820. The molecule has 6 nitrogen and oxygen atoms in total. The average molecular weight is 335 g/mol. The van der Waals surface area contributed by atoms with E-state index in [1.807, 2.05) is 0 Å². The lowest BCUT2D eigenvalue weighted by molar-refractivity contribution is 0.0446. The molecule has 7 heteroatoms. The van der Waals surface area contributed by atoms with Crippen LogP contribution in [0, 0.1) is 11.3 Å². The third-order valence-electron chi connectivity index (χ3n) is 3.76. The Kier molecular flexibility index (Phi) is 6.27. The van der Waals surface area contributed by atoms with Crippen LogP contribution < -0.4 is 5.32 Å². The zero-order valence-electron chi connectivity index (χ0n) is 14.0. The molecule has 1 amide bonds. The van der Waals surface area contributed by atoms with Crippen LogP contribution in [0.3, 0.4) is 0 Å². The van der Waals surface area contributed by atoms with Gasteiger partial charge in [0, 0.05) is 18.2 Å². The summed E-state index contributed by atoms with van der Waals surface area (Å²) in [5, 5.41) is 12.5. The Labute approximate surface area is 133 Å². The van der Waals surface area contributed by atoms with Gasteiger partial charge in [-0.3, -0.25) is 0 Å². The summed E-state index contributed by atoms with van der Waals surface area (Å²) in [6.45, 7) is 5.42. The number of aliphatic hydroxyl groups excluding tert-OH is 1. The zero-order valence-corrected chi connectivity index (χ0v) is 14.8. The number of aliphatic hydroxyl groups is 1. The molecule has 0 saturated heterocycles. The Morgan fingerprint density at radius 2 is 1.91 bits per heavy atom. The third-order valence-corrected chi connectivity index (χ3v) is 4.71. The molecule has 0 aromatic heterocycles. The first-order chi connectivity index (χ1) is 9.95. The minimum absolute atomic E-state index is 0.0102. The standard InChI is InChI=1S/C15H29NO5S/c1-14(2,3)21-13(18)16-10-15(11-17,9-12-5-6-12)7-8-22(4,19)20/h12,17H,5-11H2,1-4H3,(H,16,18). The van der Waals surface area contributed by atoms with Crippen molar-refractivity contribution in [1.82, 2.24) is 5.32 Å². The first-order valence-electron chi connectivity index (χ1n) is 7.70. The van der Waals surface area contributed by atoms with Crippen molar-refractivity contribution in [3.63, 3.8) is 0 Å². The number of sulfone groups is 1. The summed E-state index contributed by atoms with van der Waals surface area (Å²) in [6.07, 6.45) is 3.93. The summed E-state index contributed by atoms with van der Waals surface area (Å²) >= 11 is 0. The van der Waals surface area contributed by atoms with Crippen molar-refractivity contribution in [2.24, 2.45) is 11.3 Å². The van der Waals surface area contributed by atoms with E-state index in [4.69, 9.17) is 4.74 Å². The molecule has 2 N–H and O–H groups in total. The second-order valence-corrected chi connectivity index (χ2v) is 9.80. The Balaban J connectivity index is 2.65. The largest absolute Gasteiger partial charge is 0.444 e. The van der Waals surface area contributed by atoms with E-state index in [2.05, 4.69) is 5.32 Å². The van der Waals surface area contributed by atoms with Crippen molar-refractivity contribution >= 4 is 15.9 Å². The van der Waals surface area contributed by atoms with Crippen LogP contribution in [-0.4, -0.2) is 50.4 Å². The third kappa shape index (κ3) is 7.98. The maximum absolute atomic E-state index is 11.8. The van der Waals surface area contributed by atoms with Gasteiger partial charge in [0.15, 0.2) is 0 Å².